The standard InChI is InChI=1S/C24H20N6O3/c1-13-7-8-16(26-24-28-22(33-29-24)19-5-4-6-21(31)27-19)11-17(13)18-10-15-12-25-14(2)9-20(15)30(3)23(18)32/h4-12H,1-3H3,(H,26,29)(H,27,31). The molecule has 9 nitrogen and oxygen atoms in total. The van der Waals surface area contributed by atoms with Gasteiger partial charge in [-0.05, 0) is 60.5 Å². The van der Waals surface area contributed by atoms with E-state index in [9.17, 15) is 9.59 Å². The van der Waals surface area contributed by atoms with Crippen LogP contribution in [0.15, 0.2) is 68.8 Å². The SMILES string of the molecule is Cc1cc2c(cn1)cc(-c1cc(Nc3noc(-c4cccc(=O)[nH]4)n3)ccc1C)c(=O)n2C. The maximum atomic E-state index is 13.2. The molecule has 164 valence electrons. The van der Waals surface area contributed by atoms with E-state index in [0.717, 1.165) is 27.7 Å². The van der Waals surface area contributed by atoms with Crippen LogP contribution < -0.4 is 16.4 Å². The summed E-state index contributed by atoms with van der Waals surface area (Å²) in [6.07, 6.45) is 1.78. The Morgan fingerprint density at radius 2 is 1.88 bits per heavy atom. The lowest BCUT2D eigenvalue weighted by Crippen LogP contribution is -2.19. The molecule has 0 unspecified atom stereocenters. The molecule has 0 fully saturated rings. The van der Waals surface area contributed by atoms with E-state index < -0.39 is 0 Å². The molecule has 5 rings (SSSR count). The van der Waals surface area contributed by atoms with E-state index in [1.165, 1.54) is 6.07 Å². The first-order valence-electron chi connectivity index (χ1n) is 10.3. The van der Waals surface area contributed by atoms with Crippen LogP contribution in [0.25, 0.3) is 33.6 Å². The lowest BCUT2D eigenvalue weighted by atomic mass is 9.99. The molecule has 0 spiro atoms. The minimum atomic E-state index is -0.259. The number of aromatic amines is 1. The molecule has 0 aliphatic rings. The van der Waals surface area contributed by atoms with E-state index in [2.05, 4.69) is 25.4 Å². The fourth-order valence-corrected chi connectivity index (χ4v) is 3.73. The van der Waals surface area contributed by atoms with Crippen LogP contribution in [0.4, 0.5) is 11.6 Å². The zero-order valence-electron chi connectivity index (χ0n) is 18.2. The Bertz CT molecular complexity index is 1630. The van der Waals surface area contributed by atoms with Gasteiger partial charge in [-0.15, -0.1) is 0 Å². The van der Waals surface area contributed by atoms with Gasteiger partial charge in [-0.25, -0.2) is 0 Å². The Hall–Kier alpha value is -4.53. The predicted molar refractivity (Wildman–Crippen MR) is 126 cm³/mol. The number of nitrogens with one attached hydrogen (secondary N) is 2. The highest BCUT2D eigenvalue weighted by molar-refractivity contribution is 5.85. The Labute approximate surface area is 187 Å². The van der Waals surface area contributed by atoms with Crippen LogP contribution in [0.2, 0.25) is 0 Å². The number of nitrogens with zero attached hydrogens (tertiary/aromatic N) is 4. The number of fused-ring (bicyclic) bond motifs is 1. The van der Waals surface area contributed by atoms with Crippen molar-refractivity contribution in [3.8, 4) is 22.7 Å². The molecular formula is C24H20N6O3. The van der Waals surface area contributed by atoms with E-state index >= 15 is 0 Å². The molecule has 1 aromatic carbocycles. The quantitative estimate of drug-likeness (QED) is 0.437. The molecule has 0 saturated carbocycles. The van der Waals surface area contributed by atoms with E-state index in [1.54, 1.807) is 29.9 Å². The summed E-state index contributed by atoms with van der Waals surface area (Å²) in [6, 6.07) is 14.1. The van der Waals surface area contributed by atoms with Gasteiger partial charge in [0, 0.05) is 41.6 Å². The Balaban J connectivity index is 1.52. The molecule has 9 heteroatoms. The van der Waals surface area contributed by atoms with Gasteiger partial charge in [0.1, 0.15) is 5.69 Å². The average molecular weight is 440 g/mol. The number of anilines is 2. The first-order valence-corrected chi connectivity index (χ1v) is 10.3. The highest BCUT2D eigenvalue weighted by Crippen LogP contribution is 2.28. The van der Waals surface area contributed by atoms with E-state index in [1.807, 2.05) is 44.2 Å². The summed E-state index contributed by atoms with van der Waals surface area (Å²) in [7, 11) is 1.76. The number of hydrogen-bond donors (Lipinski definition) is 2. The summed E-state index contributed by atoms with van der Waals surface area (Å²) < 4.78 is 6.90. The number of benzene rings is 1. The second-order valence-electron chi connectivity index (χ2n) is 7.81. The Kier molecular flexibility index (Phi) is 4.86. The van der Waals surface area contributed by atoms with Crippen LogP contribution in [-0.4, -0.2) is 24.7 Å². The molecule has 4 heterocycles. The minimum absolute atomic E-state index is 0.0942. The lowest BCUT2D eigenvalue weighted by Gasteiger charge is -2.12. The van der Waals surface area contributed by atoms with Gasteiger partial charge in [0.05, 0.1) is 5.52 Å². The van der Waals surface area contributed by atoms with Gasteiger partial charge in [0.15, 0.2) is 0 Å². The molecule has 2 N–H and O–H groups in total. The van der Waals surface area contributed by atoms with Crippen molar-refractivity contribution in [1.29, 1.82) is 0 Å². The molecular weight excluding hydrogens is 420 g/mol. The molecule has 0 bridgehead atoms. The monoisotopic (exact) mass is 440 g/mol. The van der Waals surface area contributed by atoms with Crippen LogP contribution in [0.1, 0.15) is 11.3 Å². The van der Waals surface area contributed by atoms with Crippen molar-refractivity contribution in [3.63, 3.8) is 0 Å². The molecule has 0 saturated heterocycles. The number of aryl methyl sites for hydroxylation is 3. The second kappa shape index (κ2) is 7.86. The Morgan fingerprint density at radius 3 is 2.70 bits per heavy atom. The second-order valence-corrected chi connectivity index (χ2v) is 7.81. The third-order valence-electron chi connectivity index (χ3n) is 5.45. The smallest absolute Gasteiger partial charge is 0.276 e. The van der Waals surface area contributed by atoms with Crippen molar-refractivity contribution in [3.05, 3.63) is 86.7 Å². The van der Waals surface area contributed by atoms with Gasteiger partial charge in [-0.3, -0.25) is 14.6 Å². The van der Waals surface area contributed by atoms with E-state index in [0.29, 0.717) is 16.9 Å². The Morgan fingerprint density at radius 1 is 1.03 bits per heavy atom. The van der Waals surface area contributed by atoms with Crippen LogP contribution in [0, 0.1) is 13.8 Å². The van der Waals surface area contributed by atoms with Crippen molar-refractivity contribution in [1.82, 2.24) is 24.7 Å². The normalized spacial score (nSPS) is 11.1. The number of rotatable bonds is 4. The zero-order valence-corrected chi connectivity index (χ0v) is 18.2. The van der Waals surface area contributed by atoms with Crippen molar-refractivity contribution in [2.45, 2.75) is 13.8 Å². The molecule has 0 aliphatic heterocycles. The van der Waals surface area contributed by atoms with Gasteiger partial charge >= 0.3 is 0 Å². The molecule has 0 radical (unpaired) electrons. The minimum Gasteiger partial charge on any atom is -0.330 e. The van der Waals surface area contributed by atoms with E-state index in [-0.39, 0.29) is 23.0 Å². The van der Waals surface area contributed by atoms with Crippen molar-refractivity contribution >= 4 is 22.5 Å². The molecule has 0 amide bonds. The molecule has 0 aliphatic carbocycles. The van der Waals surface area contributed by atoms with Crippen LogP contribution in [0.3, 0.4) is 0 Å². The van der Waals surface area contributed by atoms with Gasteiger partial charge in [0.25, 0.3) is 17.4 Å². The third kappa shape index (κ3) is 3.80. The third-order valence-corrected chi connectivity index (χ3v) is 5.45. The van der Waals surface area contributed by atoms with Crippen molar-refractivity contribution < 1.29 is 4.52 Å². The summed E-state index contributed by atoms with van der Waals surface area (Å²) in [6.45, 7) is 3.85. The molecule has 5 aromatic rings. The van der Waals surface area contributed by atoms with Gasteiger partial charge in [0.2, 0.25) is 5.56 Å². The molecule has 33 heavy (non-hydrogen) atoms. The van der Waals surface area contributed by atoms with Crippen LogP contribution >= 0.6 is 0 Å². The lowest BCUT2D eigenvalue weighted by molar-refractivity contribution is 0.431. The molecule has 4 aromatic heterocycles. The highest BCUT2D eigenvalue weighted by Gasteiger charge is 2.14. The van der Waals surface area contributed by atoms with Gasteiger partial charge in [-0.1, -0.05) is 12.1 Å². The highest BCUT2D eigenvalue weighted by atomic mass is 16.5. The van der Waals surface area contributed by atoms with Crippen LogP contribution in [-0.2, 0) is 7.05 Å². The zero-order chi connectivity index (χ0) is 23.1. The van der Waals surface area contributed by atoms with Gasteiger partial charge in [-0.2, -0.15) is 4.98 Å². The summed E-state index contributed by atoms with van der Waals surface area (Å²) in [5.41, 5.74) is 4.77. The van der Waals surface area contributed by atoms with Crippen molar-refractivity contribution in [2.75, 3.05) is 5.32 Å². The summed E-state index contributed by atoms with van der Waals surface area (Å²) in [5.74, 6) is 0.421. The fourth-order valence-electron chi connectivity index (χ4n) is 3.73. The number of pyridine rings is 3. The van der Waals surface area contributed by atoms with E-state index in [4.69, 9.17) is 4.52 Å². The van der Waals surface area contributed by atoms with Crippen molar-refractivity contribution in [2.24, 2.45) is 7.05 Å². The number of H-pyrrole nitrogens is 1. The number of aromatic nitrogens is 5. The van der Waals surface area contributed by atoms with Crippen LogP contribution in [0.5, 0.6) is 0 Å². The summed E-state index contributed by atoms with van der Waals surface area (Å²) in [5, 5.41) is 7.91. The fraction of sp³-hybridized carbons (Fsp3) is 0.125. The maximum absolute atomic E-state index is 13.2. The van der Waals surface area contributed by atoms with Gasteiger partial charge < -0.3 is 19.4 Å². The predicted octanol–water partition coefficient (Wildman–Crippen LogP) is 3.70. The first kappa shape index (κ1) is 20.4. The number of hydrogen-bond acceptors (Lipinski definition) is 7. The maximum Gasteiger partial charge on any atom is 0.276 e. The first-order chi connectivity index (χ1) is 15.9. The summed E-state index contributed by atoms with van der Waals surface area (Å²) in [4.78, 5) is 36.0. The largest absolute Gasteiger partial charge is 0.330 e. The topological polar surface area (TPSA) is 119 Å². The molecule has 0 atom stereocenters. The summed E-state index contributed by atoms with van der Waals surface area (Å²) >= 11 is 0. The average Bonchev–Trinajstić information content (AvgIpc) is 3.27.